The highest BCUT2D eigenvalue weighted by atomic mass is 19.4. The highest BCUT2D eigenvalue weighted by Crippen LogP contribution is 2.31. The zero-order valence-corrected chi connectivity index (χ0v) is 12.1. The van der Waals surface area contributed by atoms with E-state index in [1.807, 2.05) is 13.8 Å². The molecule has 0 radical (unpaired) electrons. The highest BCUT2D eigenvalue weighted by molar-refractivity contribution is 6.02. The third kappa shape index (κ3) is 5.74. The van der Waals surface area contributed by atoms with Crippen molar-refractivity contribution in [3.8, 4) is 0 Å². The lowest BCUT2D eigenvalue weighted by atomic mass is 9.77. The van der Waals surface area contributed by atoms with E-state index in [9.17, 15) is 22.8 Å². The molecule has 5 heteroatoms. The van der Waals surface area contributed by atoms with Gasteiger partial charge in [-0.2, -0.15) is 13.2 Å². The molecule has 0 aromatic carbocycles. The van der Waals surface area contributed by atoms with Crippen molar-refractivity contribution in [1.82, 2.24) is 0 Å². The minimum Gasteiger partial charge on any atom is -0.299 e. The third-order valence-electron chi connectivity index (χ3n) is 3.99. The number of hydrogen-bond acceptors (Lipinski definition) is 2. The van der Waals surface area contributed by atoms with E-state index in [-0.39, 0.29) is 18.6 Å². The summed E-state index contributed by atoms with van der Waals surface area (Å²) in [6, 6.07) is 0. The molecule has 1 atom stereocenters. The van der Waals surface area contributed by atoms with Gasteiger partial charge in [-0.15, -0.1) is 0 Å². The summed E-state index contributed by atoms with van der Waals surface area (Å²) in [6.45, 7) is 6.99. The van der Waals surface area contributed by atoms with Crippen molar-refractivity contribution in [2.45, 2.75) is 66.0 Å². The maximum absolute atomic E-state index is 12.3. The molecule has 0 saturated heterocycles. The van der Waals surface area contributed by atoms with Crippen molar-refractivity contribution >= 4 is 11.6 Å². The average Bonchev–Trinajstić information content (AvgIpc) is 2.33. The van der Waals surface area contributed by atoms with Crippen molar-refractivity contribution in [2.24, 2.45) is 11.3 Å². The van der Waals surface area contributed by atoms with Gasteiger partial charge in [-0.05, 0) is 19.3 Å². The van der Waals surface area contributed by atoms with Crippen LogP contribution in [0.2, 0.25) is 0 Å². The van der Waals surface area contributed by atoms with Crippen LogP contribution in [0.4, 0.5) is 13.2 Å². The van der Waals surface area contributed by atoms with E-state index in [4.69, 9.17) is 0 Å². The van der Waals surface area contributed by atoms with Crippen molar-refractivity contribution in [1.29, 1.82) is 0 Å². The minimum absolute atomic E-state index is 0.112. The van der Waals surface area contributed by atoms with E-state index in [0.717, 1.165) is 0 Å². The van der Waals surface area contributed by atoms with Crippen LogP contribution in [0.15, 0.2) is 0 Å². The lowest BCUT2D eigenvalue weighted by Gasteiger charge is -2.25. The van der Waals surface area contributed by atoms with Crippen molar-refractivity contribution in [3.63, 3.8) is 0 Å². The van der Waals surface area contributed by atoms with E-state index in [2.05, 4.69) is 0 Å². The molecular weight excluding hydrogens is 257 g/mol. The Morgan fingerprint density at radius 2 is 1.53 bits per heavy atom. The summed E-state index contributed by atoms with van der Waals surface area (Å²) in [5.41, 5.74) is -0.605. The Morgan fingerprint density at radius 3 is 1.84 bits per heavy atom. The van der Waals surface area contributed by atoms with Crippen LogP contribution in [-0.4, -0.2) is 17.7 Å². The normalized spacial score (nSPS) is 14.3. The Bertz CT molecular complexity index is 317. The monoisotopic (exact) mass is 280 g/mol. The number of Topliss-reactive ketones (excluding diaryl/α,β-unsaturated/α-hetero) is 2. The zero-order chi connectivity index (χ0) is 15.3. The summed E-state index contributed by atoms with van der Waals surface area (Å²) in [5.74, 6) is -1.93. The van der Waals surface area contributed by atoms with Crippen molar-refractivity contribution < 1.29 is 22.8 Å². The Kier molecular flexibility index (Phi) is 6.73. The van der Waals surface area contributed by atoms with Gasteiger partial charge in [-0.1, -0.05) is 27.7 Å². The van der Waals surface area contributed by atoms with Gasteiger partial charge in [0.2, 0.25) is 0 Å². The molecule has 0 fully saturated rings. The molecule has 2 nitrogen and oxygen atoms in total. The van der Waals surface area contributed by atoms with Gasteiger partial charge in [0.05, 0.1) is 12.8 Å². The predicted molar refractivity (Wildman–Crippen MR) is 67.8 cm³/mol. The van der Waals surface area contributed by atoms with E-state index in [1.165, 1.54) is 6.92 Å². The molecule has 0 amide bonds. The fourth-order valence-corrected chi connectivity index (χ4v) is 1.93. The van der Waals surface area contributed by atoms with Crippen LogP contribution in [0.25, 0.3) is 0 Å². The minimum atomic E-state index is -4.36. The molecule has 0 aromatic heterocycles. The van der Waals surface area contributed by atoms with Crippen LogP contribution in [-0.2, 0) is 9.59 Å². The summed E-state index contributed by atoms with van der Waals surface area (Å²) in [7, 11) is 0. The van der Waals surface area contributed by atoms with Gasteiger partial charge in [0.15, 0.2) is 0 Å². The summed E-state index contributed by atoms with van der Waals surface area (Å²) in [6.07, 6.45) is -4.59. The number of halogens is 3. The van der Waals surface area contributed by atoms with Gasteiger partial charge in [0, 0.05) is 11.3 Å². The van der Waals surface area contributed by atoms with E-state index >= 15 is 0 Å². The maximum atomic E-state index is 12.3. The van der Waals surface area contributed by atoms with Crippen molar-refractivity contribution in [3.05, 3.63) is 0 Å². The first-order chi connectivity index (χ1) is 8.59. The Labute approximate surface area is 112 Å². The highest BCUT2D eigenvalue weighted by Gasteiger charge is 2.37. The van der Waals surface area contributed by atoms with Gasteiger partial charge in [-0.25, -0.2) is 0 Å². The third-order valence-corrected chi connectivity index (χ3v) is 3.99. The fraction of sp³-hybridized carbons (Fsp3) is 0.857. The molecule has 0 rings (SSSR count). The molecule has 0 bridgehead atoms. The number of rotatable bonds is 8. The molecule has 0 aliphatic rings. The number of hydrogen-bond donors (Lipinski definition) is 0. The summed E-state index contributed by atoms with van der Waals surface area (Å²) < 4.78 is 37.0. The van der Waals surface area contributed by atoms with Crippen LogP contribution in [0.3, 0.4) is 0 Å². The molecule has 0 aliphatic carbocycles. The molecule has 112 valence electrons. The molecule has 1 unspecified atom stereocenters. The molecule has 0 aliphatic heterocycles. The van der Waals surface area contributed by atoms with E-state index in [0.29, 0.717) is 12.8 Å². The molecular formula is C14H23F3O2. The molecule has 0 N–H and O–H groups in total. The topological polar surface area (TPSA) is 34.1 Å². The van der Waals surface area contributed by atoms with Crippen LogP contribution < -0.4 is 0 Å². The van der Waals surface area contributed by atoms with Gasteiger partial charge < -0.3 is 0 Å². The molecule has 0 aromatic rings. The average molecular weight is 280 g/mol. The second kappa shape index (κ2) is 7.06. The summed E-state index contributed by atoms with van der Waals surface area (Å²) >= 11 is 0. The van der Waals surface area contributed by atoms with Gasteiger partial charge >= 0.3 is 6.18 Å². The first kappa shape index (κ1) is 18.1. The molecule has 0 saturated carbocycles. The van der Waals surface area contributed by atoms with Crippen LogP contribution in [0, 0.1) is 11.3 Å². The Morgan fingerprint density at radius 1 is 1.05 bits per heavy atom. The lowest BCUT2D eigenvalue weighted by Crippen LogP contribution is -2.31. The number of carbonyl (C=O) groups excluding carboxylic acids is 2. The van der Waals surface area contributed by atoms with Gasteiger partial charge in [0.1, 0.15) is 11.6 Å². The molecule has 19 heavy (non-hydrogen) atoms. The van der Waals surface area contributed by atoms with Crippen LogP contribution >= 0.6 is 0 Å². The predicted octanol–water partition coefficient (Wildman–Crippen LogP) is 4.32. The van der Waals surface area contributed by atoms with E-state index in [1.54, 1.807) is 6.92 Å². The van der Waals surface area contributed by atoms with Crippen LogP contribution in [0.1, 0.15) is 59.8 Å². The van der Waals surface area contributed by atoms with Crippen LogP contribution in [0.5, 0.6) is 0 Å². The second-order valence-electron chi connectivity index (χ2n) is 5.26. The number of alkyl halides is 3. The quantitative estimate of drug-likeness (QED) is 0.620. The Balaban J connectivity index is 4.71. The molecule has 0 heterocycles. The van der Waals surface area contributed by atoms with E-state index < -0.39 is 29.7 Å². The number of carbonyl (C=O) groups is 2. The smallest absolute Gasteiger partial charge is 0.299 e. The number of ketones is 2. The molecule has 0 spiro atoms. The van der Waals surface area contributed by atoms with Crippen molar-refractivity contribution in [2.75, 3.05) is 0 Å². The maximum Gasteiger partial charge on any atom is 0.389 e. The van der Waals surface area contributed by atoms with Gasteiger partial charge in [0.25, 0.3) is 0 Å². The first-order valence-electron chi connectivity index (χ1n) is 6.72. The second-order valence-corrected chi connectivity index (χ2v) is 5.26. The van der Waals surface area contributed by atoms with Gasteiger partial charge in [-0.3, -0.25) is 9.59 Å². The fourth-order valence-electron chi connectivity index (χ4n) is 1.93. The summed E-state index contributed by atoms with van der Waals surface area (Å²) in [5, 5.41) is 0. The standard InChI is InChI=1S/C14H23F3O2/c1-5-10(9-14(15,16)17)11(18)8-12(19)13(4,6-2)7-3/h10H,5-9H2,1-4H3. The SMILES string of the molecule is CCC(CC(F)(F)F)C(=O)CC(=O)C(C)(CC)CC. The largest absolute Gasteiger partial charge is 0.389 e. The zero-order valence-electron chi connectivity index (χ0n) is 12.1. The lowest BCUT2D eigenvalue weighted by molar-refractivity contribution is -0.155. The summed E-state index contributed by atoms with van der Waals surface area (Å²) in [4.78, 5) is 23.8. The Hall–Kier alpha value is -0.870. The first-order valence-corrected chi connectivity index (χ1v) is 6.72.